The van der Waals surface area contributed by atoms with Crippen molar-refractivity contribution in [1.82, 2.24) is 20.7 Å². The minimum absolute atomic E-state index is 0.850. The minimum atomic E-state index is 0.850. The summed E-state index contributed by atoms with van der Waals surface area (Å²) in [5.41, 5.74) is 3.42. The average Bonchev–Trinajstić information content (AvgIpc) is 2.91. The first-order chi connectivity index (χ1) is 9.90. The summed E-state index contributed by atoms with van der Waals surface area (Å²) in [6, 6.07) is 10.4. The number of rotatable bonds is 9. The molecule has 1 aromatic carbocycles. The molecule has 108 valence electrons. The normalized spacial score (nSPS) is 10.8. The van der Waals surface area contributed by atoms with Gasteiger partial charge in [-0.3, -0.25) is 0 Å². The van der Waals surface area contributed by atoms with Crippen molar-refractivity contribution in [3.63, 3.8) is 0 Å². The summed E-state index contributed by atoms with van der Waals surface area (Å²) in [7, 11) is 0. The zero-order valence-corrected chi connectivity index (χ0v) is 12.2. The first kappa shape index (κ1) is 14.7. The molecule has 0 amide bonds. The molecule has 20 heavy (non-hydrogen) atoms. The lowest BCUT2D eigenvalue weighted by Crippen LogP contribution is -2.19. The fourth-order valence-corrected chi connectivity index (χ4v) is 2.24. The Kier molecular flexibility index (Phi) is 6.24. The predicted octanol–water partition coefficient (Wildman–Crippen LogP) is 2.72. The van der Waals surface area contributed by atoms with Crippen LogP contribution in [0.25, 0.3) is 0 Å². The number of hydrogen-bond acceptors (Lipinski definition) is 3. The molecule has 4 heteroatoms. The fourth-order valence-electron chi connectivity index (χ4n) is 2.24. The second kappa shape index (κ2) is 8.48. The van der Waals surface area contributed by atoms with Gasteiger partial charge in [-0.15, -0.1) is 0 Å². The molecule has 2 N–H and O–H groups in total. The molecule has 0 unspecified atom stereocenters. The molecule has 0 spiro atoms. The van der Waals surface area contributed by atoms with Gasteiger partial charge in [0, 0.05) is 19.4 Å². The van der Waals surface area contributed by atoms with Gasteiger partial charge in [-0.25, -0.2) is 0 Å². The maximum absolute atomic E-state index is 4.28. The Labute approximate surface area is 121 Å². The van der Waals surface area contributed by atoms with Gasteiger partial charge < -0.3 is 5.32 Å². The van der Waals surface area contributed by atoms with Crippen molar-refractivity contribution in [2.45, 2.75) is 39.0 Å². The highest BCUT2D eigenvalue weighted by atomic mass is 15.3. The highest BCUT2D eigenvalue weighted by Crippen LogP contribution is 2.09. The minimum Gasteiger partial charge on any atom is -0.316 e. The number of nitrogens with zero attached hydrogens (tertiary/aromatic N) is 2. The van der Waals surface area contributed by atoms with E-state index in [1.54, 1.807) is 0 Å². The van der Waals surface area contributed by atoms with E-state index < -0.39 is 0 Å². The van der Waals surface area contributed by atoms with Gasteiger partial charge in [0.2, 0.25) is 0 Å². The van der Waals surface area contributed by atoms with Gasteiger partial charge in [0.25, 0.3) is 0 Å². The van der Waals surface area contributed by atoms with Crippen molar-refractivity contribution in [2.24, 2.45) is 0 Å². The quantitative estimate of drug-likeness (QED) is 0.690. The number of aromatic amines is 1. The summed E-state index contributed by atoms with van der Waals surface area (Å²) in [4.78, 5) is 0. The van der Waals surface area contributed by atoms with Crippen LogP contribution < -0.4 is 5.32 Å². The lowest BCUT2D eigenvalue weighted by Gasteiger charge is -2.04. The van der Waals surface area contributed by atoms with E-state index in [0.29, 0.717) is 0 Å². The molecule has 0 atom stereocenters. The zero-order chi connectivity index (χ0) is 14.0. The van der Waals surface area contributed by atoms with Gasteiger partial charge in [0.05, 0.1) is 11.4 Å². The van der Waals surface area contributed by atoms with Crippen LogP contribution in [0, 0.1) is 0 Å². The summed E-state index contributed by atoms with van der Waals surface area (Å²) in [6.45, 7) is 4.29. The third-order valence-electron chi connectivity index (χ3n) is 3.41. The van der Waals surface area contributed by atoms with E-state index in [4.69, 9.17) is 0 Å². The summed E-state index contributed by atoms with van der Waals surface area (Å²) < 4.78 is 0. The van der Waals surface area contributed by atoms with Crippen LogP contribution in [0.4, 0.5) is 0 Å². The smallest absolute Gasteiger partial charge is 0.0900 e. The number of H-pyrrole nitrogens is 1. The van der Waals surface area contributed by atoms with Crippen molar-refractivity contribution in [2.75, 3.05) is 13.1 Å². The van der Waals surface area contributed by atoms with Gasteiger partial charge in [0.15, 0.2) is 0 Å². The van der Waals surface area contributed by atoms with E-state index in [0.717, 1.165) is 37.3 Å². The monoisotopic (exact) mass is 272 g/mol. The Morgan fingerprint density at radius 3 is 2.60 bits per heavy atom. The molecule has 0 aliphatic carbocycles. The molecular formula is C16H24N4. The summed E-state index contributed by atoms with van der Waals surface area (Å²) >= 11 is 0. The van der Waals surface area contributed by atoms with Crippen LogP contribution in [0.5, 0.6) is 0 Å². The molecule has 2 rings (SSSR count). The maximum Gasteiger partial charge on any atom is 0.0900 e. The van der Waals surface area contributed by atoms with Crippen LogP contribution in [0.15, 0.2) is 30.3 Å². The molecule has 2 aromatic rings. The van der Waals surface area contributed by atoms with E-state index in [9.17, 15) is 0 Å². The van der Waals surface area contributed by atoms with E-state index in [1.807, 2.05) is 6.07 Å². The molecule has 0 radical (unpaired) electrons. The van der Waals surface area contributed by atoms with Crippen molar-refractivity contribution < 1.29 is 0 Å². The Hall–Kier alpha value is -1.68. The second-order valence-corrected chi connectivity index (χ2v) is 5.09. The molecule has 0 saturated heterocycles. The SMILES string of the molecule is CCCCCNCCc1n[nH]nc1Cc1ccccc1. The Bertz CT molecular complexity index is 478. The van der Waals surface area contributed by atoms with E-state index in [1.165, 1.54) is 24.8 Å². The molecule has 1 aromatic heterocycles. The van der Waals surface area contributed by atoms with Crippen molar-refractivity contribution in [3.8, 4) is 0 Å². The number of benzene rings is 1. The van der Waals surface area contributed by atoms with E-state index >= 15 is 0 Å². The van der Waals surface area contributed by atoms with Gasteiger partial charge in [-0.1, -0.05) is 50.1 Å². The van der Waals surface area contributed by atoms with Crippen molar-refractivity contribution in [1.29, 1.82) is 0 Å². The second-order valence-electron chi connectivity index (χ2n) is 5.09. The van der Waals surface area contributed by atoms with Crippen LogP contribution >= 0.6 is 0 Å². The molecular weight excluding hydrogens is 248 g/mol. The molecule has 1 heterocycles. The predicted molar refractivity (Wildman–Crippen MR) is 81.7 cm³/mol. The third kappa shape index (κ3) is 4.78. The molecule has 0 bridgehead atoms. The van der Waals surface area contributed by atoms with Crippen molar-refractivity contribution in [3.05, 3.63) is 47.3 Å². The number of aromatic nitrogens is 3. The molecule has 4 nitrogen and oxygen atoms in total. The molecule has 0 fully saturated rings. The number of nitrogens with one attached hydrogen (secondary N) is 2. The Morgan fingerprint density at radius 1 is 1.00 bits per heavy atom. The first-order valence-electron chi connectivity index (χ1n) is 7.53. The van der Waals surface area contributed by atoms with E-state index in [2.05, 4.69) is 51.9 Å². The zero-order valence-electron chi connectivity index (χ0n) is 12.2. The van der Waals surface area contributed by atoms with Crippen LogP contribution in [0.1, 0.15) is 43.1 Å². The Balaban J connectivity index is 1.77. The molecule has 0 aliphatic heterocycles. The topological polar surface area (TPSA) is 53.6 Å². The van der Waals surface area contributed by atoms with Crippen molar-refractivity contribution >= 4 is 0 Å². The highest BCUT2D eigenvalue weighted by molar-refractivity contribution is 5.23. The Morgan fingerprint density at radius 2 is 1.80 bits per heavy atom. The standard InChI is InChI=1S/C16H24N4/c1-2-3-7-11-17-12-10-15-16(19-20-18-15)13-14-8-5-4-6-9-14/h4-6,8-9,17H,2-3,7,10-13H2,1H3,(H,18,19,20). The van der Waals surface area contributed by atoms with Crippen LogP contribution in [-0.2, 0) is 12.8 Å². The van der Waals surface area contributed by atoms with Crippen LogP contribution in [0.3, 0.4) is 0 Å². The number of hydrogen-bond donors (Lipinski definition) is 2. The lowest BCUT2D eigenvalue weighted by atomic mass is 10.1. The van der Waals surface area contributed by atoms with Crippen LogP contribution in [0.2, 0.25) is 0 Å². The first-order valence-corrected chi connectivity index (χ1v) is 7.53. The summed E-state index contributed by atoms with van der Waals surface area (Å²) in [5, 5.41) is 14.8. The third-order valence-corrected chi connectivity index (χ3v) is 3.41. The summed E-state index contributed by atoms with van der Waals surface area (Å²) in [6.07, 6.45) is 5.61. The average molecular weight is 272 g/mol. The molecule has 0 aliphatic rings. The van der Waals surface area contributed by atoms with Gasteiger partial charge in [-0.05, 0) is 18.5 Å². The largest absolute Gasteiger partial charge is 0.316 e. The van der Waals surface area contributed by atoms with Gasteiger partial charge in [-0.2, -0.15) is 15.4 Å². The molecule has 0 saturated carbocycles. The lowest BCUT2D eigenvalue weighted by molar-refractivity contribution is 0.613. The maximum atomic E-state index is 4.28. The van der Waals surface area contributed by atoms with Gasteiger partial charge in [0.1, 0.15) is 0 Å². The van der Waals surface area contributed by atoms with Crippen LogP contribution in [-0.4, -0.2) is 28.5 Å². The van der Waals surface area contributed by atoms with E-state index in [-0.39, 0.29) is 0 Å². The number of unbranched alkanes of at least 4 members (excludes halogenated alkanes) is 2. The van der Waals surface area contributed by atoms with Gasteiger partial charge >= 0.3 is 0 Å². The summed E-state index contributed by atoms with van der Waals surface area (Å²) in [5.74, 6) is 0. The fraction of sp³-hybridized carbons (Fsp3) is 0.500. The highest BCUT2D eigenvalue weighted by Gasteiger charge is 2.08.